The van der Waals surface area contributed by atoms with Gasteiger partial charge in [0.05, 0.1) is 5.56 Å². The fraction of sp³-hybridized carbons (Fsp3) is 0.500. The first-order valence-electron chi connectivity index (χ1n) is 6.43. The number of rotatable bonds is 6. The van der Waals surface area contributed by atoms with Crippen molar-refractivity contribution in [3.8, 4) is 0 Å². The maximum atomic E-state index is 12.4. The van der Waals surface area contributed by atoms with Gasteiger partial charge in [-0.1, -0.05) is 19.1 Å². The van der Waals surface area contributed by atoms with Crippen molar-refractivity contribution in [1.82, 2.24) is 10.6 Å². The maximum absolute atomic E-state index is 12.4. The second-order valence-electron chi connectivity index (χ2n) is 4.68. The van der Waals surface area contributed by atoms with E-state index in [1.54, 1.807) is 7.05 Å². The first-order chi connectivity index (χ1) is 9.34. The second kappa shape index (κ2) is 7.28. The molecule has 0 radical (unpaired) electrons. The van der Waals surface area contributed by atoms with Crippen LogP contribution in [0.15, 0.2) is 24.3 Å². The van der Waals surface area contributed by atoms with Gasteiger partial charge in [0.2, 0.25) is 5.91 Å². The summed E-state index contributed by atoms with van der Waals surface area (Å²) >= 11 is 0. The Labute approximate surface area is 116 Å². The van der Waals surface area contributed by atoms with Crippen LogP contribution in [-0.2, 0) is 11.0 Å². The van der Waals surface area contributed by atoms with E-state index in [1.165, 1.54) is 12.1 Å². The van der Waals surface area contributed by atoms with E-state index in [-0.39, 0.29) is 18.2 Å². The van der Waals surface area contributed by atoms with Gasteiger partial charge in [0, 0.05) is 19.5 Å². The van der Waals surface area contributed by atoms with E-state index in [0.717, 1.165) is 17.7 Å². The third-order valence-corrected chi connectivity index (χ3v) is 3.00. The molecule has 1 aromatic carbocycles. The fourth-order valence-electron chi connectivity index (χ4n) is 1.80. The number of hydrogen-bond donors (Lipinski definition) is 2. The summed E-state index contributed by atoms with van der Waals surface area (Å²) < 4.78 is 37.3. The minimum absolute atomic E-state index is 0.104. The molecule has 1 amide bonds. The van der Waals surface area contributed by atoms with Gasteiger partial charge in [0.15, 0.2) is 0 Å². The molecule has 1 aromatic rings. The molecule has 112 valence electrons. The van der Waals surface area contributed by atoms with Crippen LogP contribution >= 0.6 is 0 Å². The van der Waals surface area contributed by atoms with Crippen molar-refractivity contribution >= 4 is 5.91 Å². The number of halogens is 3. The summed E-state index contributed by atoms with van der Waals surface area (Å²) in [7, 11) is 1.79. The van der Waals surface area contributed by atoms with Crippen LogP contribution in [0.1, 0.15) is 30.4 Å². The zero-order valence-corrected chi connectivity index (χ0v) is 11.6. The summed E-state index contributed by atoms with van der Waals surface area (Å²) in [5.74, 6) is -0.223. The number of hydrogen-bond acceptors (Lipinski definition) is 2. The highest BCUT2D eigenvalue weighted by Crippen LogP contribution is 2.30. The SMILES string of the molecule is CNCCNC(=O)CC(C)c1ccc(C(F)(F)F)cc1. The summed E-state index contributed by atoms with van der Waals surface area (Å²) in [6.45, 7) is 3.04. The molecule has 0 fully saturated rings. The molecule has 0 aliphatic rings. The molecule has 20 heavy (non-hydrogen) atoms. The molecule has 0 bridgehead atoms. The molecule has 1 rings (SSSR count). The number of likely N-dealkylation sites (N-methyl/N-ethyl adjacent to an activating group) is 1. The molecule has 0 aromatic heterocycles. The Balaban J connectivity index is 2.55. The predicted octanol–water partition coefficient (Wildman–Crippen LogP) is 2.53. The van der Waals surface area contributed by atoms with E-state index in [0.29, 0.717) is 13.1 Å². The molecule has 1 unspecified atom stereocenters. The van der Waals surface area contributed by atoms with Crippen molar-refractivity contribution < 1.29 is 18.0 Å². The lowest BCUT2D eigenvalue weighted by Gasteiger charge is -2.13. The number of alkyl halides is 3. The molecular formula is C14H19F3N2O. The van der Waals surface area contributed by atoms with Crippen LogP contribution in [0, 0.1) is 0 Å². The maximum Gasteiger partial charge on any atom is 0.416 e. The summed E-state index contributed by atoms with van der Waals surface area (Å²) in [5, 5.41) is 5.65. The quantitative estimate of drug-likeness (QED) is 0.790. The highest BCUT2D eigenvalue weighted by molar-refractivity contribution is 5.76. The molecule has 3 nitrogen and oxygen atoms in total. The highest BCUT2D eigenvalue weighted by atomic mass is 19.4. The molecule has 0 aliphatic heterocycles. The number of nitrogens with one attached hydrogen (secondary N) is 2. The highest BCUT2D eigenvalue weighted by Gasteiger charge is 2.30. The summed E-state index contributed by atoms with van der Waals surface area (Å²) in [6.07, 6.45) is -4.07. The van der Waals surface area contributed by atoms with E-state index < -0.39 is 11.7 Å². The molecule has 0 heterocycles. The summed E-state index contributed by atoms with van der Waals surface area (Å²) in [5.41, 5.74) is 0.0497. The van der Waals surface area contributed by atoms with Gasteiger partial charge < -0.3 is 10.6 Å². The largest absolute Gasteiger partial charge is 0.416 e. The van der Waals surface area contributed by atoms with Crippen molar-refractivity contribution in [2.45, 2.75) is 25.4 Å². The van der Waals surface area contributed by atoms with Crippen LogP contribution in [0.5, 0.6) is 0 Å². The monoisotopic (exact) mass is 288 g/mol. The van der Waals surface area contributed by atoms with Gasteiger partial charge in [-0.05, 0) is 30.7 Å². The Morgan fingerprint density at radius 3 is 2.30 bits per heavy atom. The van der Waals surface area contributed by atoms with E-state index in [1.807, 2.05) is 6.92 Å². The van der Waals surface area contributed by atoms with Crippen LogP contribution in [0.4, 0.5) is 13.2 Å². The molecular weight excluding hydrogens is 269 g/mol. The van der Waals surface area contributed by atoms with Crippen molar-refractivity contribution in [3.63, 3.8) is 0 Å². The van der Waals surface area contributed by atoms with Gasteiger partial charge in [-0.3, -0.25) is 4.79 Å². The first-order valence-corrected chi connectivity index (χ1v) is 6.43. The first kappa shape index (κ1) is 16.5. The Bertz CT molecular complexity index is 429. The lowest BCUT2D eigenvalue weighted by Crippen LogP contribution is -2.31. The van der Waals surface area contributed by atoms with Crippen LogP contribution in [0.3, 0.4) is 0 Å². The normalized spacial score (nSPS) is 13.1. The Kier molecular flexibility index (Phi) is 6.01. The molecule has 0 saturated carbocycles. The Hall–Kier alpha value is -1.56. The summed E-state index contributed by atoms with van der Waals surface area (Å²) in [6, 6.07) is 4.94. The van der Waals surface area contributed by atoms with Crippen molar-refractivity contribution in [2.24, 2.45) is 0 Å². The van der Waals surface area contributed by atoms with Crippen molar-refractivity contribution in [2.75, 3.05) is 20.1 Å². The lowest BCUT2D eigenvalue weighted by atomic mass is 9.96. The van der Waals surface area contributed by atoms with Crippen LogP contribution in [0.2, 0.25) is 0 Å². The van der Waals surface area contributed by atoms with E-state index >= 15 is 0 Å². The number of amides is 1. The van der Waals surface area contributed by atoms with Gasteiger partial charge >= 0.3 is 6.18 Å². The van der Waals surface area contributed by atoms with Gasteiger partial charge in [0.25, 0.3) is 0 Å². The third-order valence-electron chi connectivity index (χ3n) is 3.00. The van der Waals surface area contributed by atoms with Crippen LogP contribution in [0.25, 0.3) is 0 Å². The van der Waals surface area contributed by atoms with Crippen molar-refractivity contribution in [1.29, 1.82) is 0 Å². The third kappa shape index (κ3) is 5.21. The molecule has 1 atom stereocenters. The van der Waals surface area contributed by atoms with E-state index in [9.17, 15) is 18.0 Å². The average molecular weight is 288 g/mol. The standard InChI is InChI=1S/C14H19F3N2O/c1-10(9-13(20)19-8-7-18-2)11-3-5-12(6-4-11)14(15,16)17/h3-6,10,18H,7-9H2,1-2H3,(H,19,20). The van der Waals surface area contributed by atoms with Gasteiger partial charge in [-0.15, -0.1) is 0 Å². The zero-order chi connectivity index (χ0) is 15.2. The molecule has 2 N–H and O–H groups in total. The number of carbonyl (C=O) groups is 1. The molecule has 0 aliphatic carbocycles. The smallest absolute Gasteiger partial charge is 0.355 e. The minimum atomic E-state index is -4.33. The zero-order valence-electron chi connectivity index (χ0n) is 11.6. The van der Waals surface area contributed by atoms with Crippen LogP contribution < -0.4 is 10.6 Å². The van der Waals surface area contributed by atoms with Crippen LogP contribution in [-0.4, -0.2) is 26.0 Å². The topological polar surface area (TPSA) is 41.1 Å². The number of benzene rings is 1. The summed E-state index contributed by atoms with van der Waals surface area (Å²) in [4.78, 5) is 11.6. The minimum Gasteiger partial charge on any atom is -0.355 e. The van der Waals surface area contributed by atoms with Gasteiger partial charge in [-0.2, -0.15) is 13.2 Å². The second-order valence-corrected chi connectivity index (χ2v) is 4.68. The van der Waals surface area contributed by atoms with Gasteiger partial charge in [0.1, 0.15) is 0 Å². The average Bonchev–Trinajstić information content (AvgIpc) is 2.38. The lowest BCUT2D eigenvalue weighted by molar-refractivity contribution is -0.137. The van der Waals surface area contributed by atoms with Gasteiger partial charge in [-0.25, -0.2) is 0 Å². The molecule has 0 spiro atoms. The van der Waals surface area contributed by atoms with E-state index in [4.69, 9.17) is 0 Å². The fourth-order valence-corrected chi connectivity index (χ4v) is 1.80. The Morgan fingerprint density at radius 2 is 1.80 bits per heavy atom. The molecule has 6 heteroatoms. The predicted molar refractivity (Wildman–Crippen MR) is 71.4 cm³/mol. The van der Waals surface area contributed by atoms with Crippen molar-refractivity contribution in [3.05, 3.63) is 35.4 Å². The Morgan fingerprint density at radius 1 is 1.20 bits per heavy atom. The van der Waals surface area contributed by atoms with E-state index in [2.05, 4.69) is 10.6 Å². The number of carbonyl (C=O) groups excluding carboxylic acids is 1. The molecule has 0 saturated heterocycles.